The molecule has 2 heterocycles. The van der Waals surface area contributed by atoms with E-state index in [1.165, 1.54) is 22.3 Å². The predicted molar refractivity (Wildman–Crippen MR) is 200 cm³/mol. The van der Waals surface area contributed by atoms with Gasteiger partial charge in [-0.1, -0.05) is 107 Å². The third-order valence-electron chi connectivity index (χ3n) is 9.58. The topological polar surface area (TPSA) is 62.2 Å². The third kappa shape index (κ3) is 5.85. The molecule has 4 nitrogen and oxygen atoms in total. The second-order valence-electron chi connectivity index (χ2n) is 17.3. The molecule has 4 heteroatoms. The van der Waals surface area contributed by atoms with Gasteiger partial charge in [0.2, 0.25) is 0 Å². The van der Waals surface area contributed by atoms with E-state index in [-0.39, 0.29) is 21.7 Å². The Hall–Kier alpha value is -4.40. The van der Waals surface area contributed by atoms with E-state index in [1.54, 1.807) is 0 Å². The lowest BCUT2D eigenvalue weighted by Gasteiger charge is -2.23. The Kier molecular flexibility index (Phi) is 7.49. The smallest absolute Gasteiger partial charge is 0.332 e. The lowest BCUT2D eigenvalue weighted by Crippen LogP contribution is -2.15. The molecule has 4 aromatic carbocycles. The minimum Gasteiger partial charge on any atom is -0.361 e. The first-order valence-corrected chi connectivity index (χ1v) is 16.8. The monoisotopic (exact) mass is 620 g/mol. The minimum atomic E-state index is -0.0799. The Morgan fingerprint density at radius 2 is 0.660 bits per heavy atom. The number of nitrogens with zero attached hydrogens (tertiary/aromatic N) is 4. The summed E-state index contributed by atoms with van der Waals surface area (Å²) in [6.07, 6.45) is 0. The molecule has 47 heavy (non-hydrogen) atoms. The van der Waals surface area contributed by atoms with Gasteiger partial charge in [-0.25, -0.2) is 9.97 Å². The van der Waals surface area contributed by atoms with Gasteiger partial charge < -0.3 is 5.53 Å². The molecule has 0 saturated carbocycles. The molecule has 0 spiro atoms. The van der Waals surface area contributed by atoms with E-state index in [4.69, 9.17) is 9.97 Å². The number of pyridine rings is 2. The fourth-order valence-electron chi connectivity index (χ4n) is 6.49. The van der Waals surface area contributed by atoms with Crippen molar-refractivity contribution in [1.82, 2.24) is 9.97 Å². The van der Waals surface area contributed by atoms with Crippen LogP contribution in [0.2, 0.25) is 0 Å². The first kappa shape index (κ1) is 32.5. The maximum Gasteiger partial charge on any atom is 0.332 e. The highest BCUT2D eigenvalue weighted by atomic mass is 14.9. The Labute approximate surface area is 279 Å². The van der Waals surface area contributed by atoms with Crippen molar-refractivity contribution in [2.24, 2.45) is 0 Å². The molecule has 2 aromatic heterocycles. The van der Waals surface area contributed by atoms with Crippen molar-refractivity contribution in [2.45, 2.75) is 105 Å². The summed E-state index contributed by atoms with van der Waals surface area (Å²) in [5, 5.41) is 3.89. The maximum absolute atomic E-state index is 11.3. The normalized spacial score (nSPS) is 13.1. The first-order valence-electron chi connectivity index (χ1n) is 16.8. The Bertz CT molecular complexity index is 1970. The van der Waals surface area contributed by atoms with Gasteiger partial charge in [-0.3, -0.25) is 0 Å². The molecule has 0 N–H and O–H groups in total. The molecular formula is C43H48N4. The Morgan fingerprint density at radius 1 is 0.426 bits per heavy atom. The second-order valence-corrected chi connectivity index (χ2v) is 17.3. The molecule has 6 rings (SSSR count). The van der Waals surface area contributed by atoms with Gasteiger partial charge in [0, 0.05) is 21.5 Å². The number of rotatable bonds is 2. The molecule has 0 saturated heterocycles. The molecule has 0 fully saturated rings. The van der Waals surface area contributed by atoms with Crippen molar-refractivity contribution in [1.29, 1.82) is 0 Å². The maximum atomic E-state index is 11.3. The largest absolute Gasteiger partial charge is 0.361 e. The van der Waals surface area contributed by atoms with Crippen LogP contribution in [0.3, 0.4) is 0 Å². The minimum absolute atomic E-state index is 0.0799. The van der Waals surface area contributed by atoms with Crippen molar-refractivity contribution in [3.05, 3.63) is 112 Å². The van der Waals surface area contributed by atoms with Crippen LogP contribution in [0.25, 0.3) is 49.1 Å². The summed E-state index contributed by atoms with van der Waals surface area (Å²) in [4.78, 5) is 14.6. The molecule has 0 aliphatic rings. The van der Waals surface area contributed by atoms with Gasteiger partial charge in [-0.15, -0.1) is 0 Å². The zero-order valence-electron chi connectivity index (χ0n) is 30.2. The average molecular weight is 621 g/mol. The standard InChI is InChI=1S/C43H48N4/c1-40(2,3)25-13-17-33-29(21-25)37(30-22-26(41(4,5)6)14-18-34(30)45-33)39(47-44)38-31-23-27(42(7,8)9)15-19-35(31)46-36-20-16-28(24-32(36)38)43(10,11)12/h13-24H,1-12H3. The van der Waals surface area contributed by atoms with Crippen LogP contribution in [0.5, 0.6) is 0 Å². The molecule has 0 amide bonds. The van der Waals surface area contributed by atoms with E-state index in [0.29, 0.717) is 5.71 Å². The molecule has 0 unspecified atom stereocenters. The lowest BCUT2D eigenvalue weighted by molar-refractivity contribution is -0.00234. The summed E-state index contributed by atoms with van der Waals surface area (Å²) < 4.78 is 0. The number of hydrogen-bond donors (Lipinski definition) is 0. The van der Waals surface area contributed by atoms with E-state index in [1.807, 2.05) is 0 Å². The van der Waals surface area contributed by atoms with E-state index >= 15 is 0 Å². The van der Waals surface area contributed by atoms with Crippen LogP contribution in [0.15, 0.2) is 72.8 Å². The van der Waals surface area contributed by atoms with Crippen LogP contribution in [0.4, 0.5) is 0 Å². The molecule has 0 radical (unpaired) electrons. The summed E-state index contributed by atoms with van der Waals surface area (Å²) in [6.45, 7) is 26.8. The highest BCUT2D eigenvalue weighted by Crippen LogP contribution is 2.39. The fraction of sp³-hybridized carbons (Fsp3) is 0.372. The average Bonchev–Trinajstić information content (AvgIpc) is 2.97. The lowest BCUT2D eigenvalue weighted by atomic mass is 9.81. The van der Waals surface area contributed by atoms with Crippen molar-refractivity contribution < 1.29 is 4.79 Å². The summed E-state index contributed by atoms with van der Waals surface area (Å²) in [5.74, 6) is 0. The summed E-state index contributed by atoms with van der Waals surface area (Å²) in [6, 6.07) is 26.1. The molecule has 0 bridgehead atoms. The number of fused-ring (bicyclic) bond motifs is 4. The molecule has 0 atom stereocenters. The predicted octanol–water partition coefficient (Wildman–Crippen LogP) is 11.3. The van der Waals surface area contributed by atoms with Gasteiger partial charge in [0.15, 0.2) is 0 Å². The second kappa shape index (κ2) is 10.8. The van der Waals surface area contributed by atoms with Crippen molar-refractivity contribution in [3.8, 4) is 0 Å². The summed E-state index contributed by atoms with van der Waals surface area (Å²) in [7, 11) is 0. The summed E-state index contributed by atoms with van der Waals surface area (Å²) in [5.41, 5.74) is 21.6. The van der Waals surface area contributed by atoms with Crippen LogP contribution < -0.4 is 0 Å². The molecular weight excluding hydrogens is 573 g/mol. The fourth-order valence-corrected chi connectivity index (χ4v) is 6.49. The van der Waals surface area contributed by atoms with Gasteiger partial charge in [0.1, 0.15) is 0 Å². The third-order valence-corrected chi connectivity index (χ3v) is 9.58. The Balaban J connectivity index is 1.86. The van der Waals surface area contributed by atoms with Crippen molar-refractivity contribution in [3.63, 3.8) is 0 Å². The van der Waals surface area contributed by atoms with Crippen LogP contribution in [-0.4, -0.2) is 20.5 Å². The molecule has 6 aromatic rings. The number of hydrogen-bond acceptors (Lipinski definition) is 2. The summed E-state index contributed by atoms with van der Waals surface area (Å²) >= 11 is 0. The van der Waals surface area contributed by atoms with Crippen molar-refractivity contribution >= 4 is 49.3 Å². The van der Waals surface area contributed by atoms with Crippen LogP contribution in [0, 0.1) is 0 Å². The van der Waals surface area contributed by atoms with Gasteiger partial charge in [-0.2, -0.15) is 4.79 Å². The first-order chi connectivity index (χ1) is 21.8. The van der Waals surface area contributed by atoms with Gasteiger partial charge in [0.25, 0.3) is 0 Å². The Morgan fingerprint density at radius 3 is 0.851 bits per heavy atom. The highest BCUT2D eigenvalue weighted by Gasteiger charge is 2.30. The quantitative estimate of drug-likeness (QED) is 0.0836. The molecule has 0 aliphatic carbocycles. The number of benzene rings is 4. The zero-order valence-corrected chi connectivity index (χ0v) is 30.2. The van der Waals surface area contributed by atoms with Crippen LogP contribution in [0.1, 0.15) is 116 Å². The van der Waals surface area contributed by atoms with E-state index in [2.05, 4.69) is 161 Å². The van der Waals surface area contributed by atoms with Gasteiger partial charge in [-0.05, 0) is 92.4 Å². The van der Waals surface area contributed by atoms with Crippen LogP contribution >= 0.6 is 0 Å². The molecule has 240 valence electrons. The number of aromatic nitrogens is 2. The van der Waals surface area contributed by atoms with Crippen LogP contribution in [-0.2, 0) is 21.7 Å². The SMILES string of the molecule is CC(C)(C)c1ccc2nc3ccc(C(C)(C)C)cc3c(C(=[N+]=[N-])c3c4cc(C(C)(C)C)ccc4nc4ccc(C(C)(C)C)cc34)c2c1. The highest BCUT2D eigenvalue weighted by molar-refractivity contribution is 6.30. The van der Waals surface area contributed by atoms with E-state index < -0.39 is 0 Å². The van der Waals surface area contributed by atoms with Gasteiger partial charge in [0.05, 0.1) is 33.2 Å². The van der Waals surface area contributed by atoms with E-state index in [0.717, 1.165) is 54.7 Å². The zero-order chi connectivity index (χ0) is 34.3. The van der Waals surface area contributed by atoms with E-state index in [9.17, 15) is 5.53 Å². The van der Waals surface area contributed by atoms with Gasteiger partial charge >= 0.3 is 5.71 Å². The van der Waals surface area contributed by atoms with Crippen molar-refractivity contribution in [2.75, 3.05) is 0 Å². The molecule has 0 aliphatic heterocycles.